The molecule has 1 unspecified atom stereocenters. The number of hydrogen-bond acceptors (Lipinski definition) is 3. The third-order valence-electron chi connectivity index (χ3n) is 3.80. The van der Waals surface area contributed by atoms with E-state index in [-0.39, 0.29) is 12.6 Å². The van der Waals surface area contributed by atoms with Gasteiger partial charge in [0.2, 0.25) is 0 Å². The van der Waals surface area contributed by atoms with E-state index in [9.17, 15) is 8.42 Å². The van der Waals surface area contributed by atoms with E-state index in [1.807, 2.05) is 30.3 Å². The molecule has 1 aromatic rings. The van der Waals surface area contributed by atoms with Crippen molar-refractivity contribution in [1.82, 2.24) is 9.03 Å². The van der Waals surface area contributed by atoms with E-state index in [4.69, 9.17) is 5.11 Å². The summed E-state index contributed by atoms with van der Waals surface area (Å²) in [7, 11) is -3.46. The van der Waals surface area contributed by atoms with Gasteiger partial charge in [-0.15, -0.1) is 0 Å². The van der Waals surface area contributed by atoms with Crippen LogP contribution in [0.5, 0.6) is 0 Å². The van der Waals surface area contributed by atoms with Crippen molar-refractivity contribution in [1.29, 1.82) is 0 Å². The highest BCUT2D eigenvalue weighted by atomic mass is 32.2. The van der Waals surface area contributed by atoms with Crippen LogP contribution in [0.2, 0.25) is 0 Å². The topological polar surface area (TPSA) is 69.6 Å². The lowest BCUT2D eigenvalue weighted by Gasteiger charge is -2.28. The lowest BCUT2D eigenvalue weighted by molar-refractivity contribution is 0.276. The number of aliphatic hydroxyl groups excluding tert-OH is 1. The van der Waals surface area contributed by atoms with Gasteiger partial charge < -0.3 is 5.11 Å². The summed E-state index contributed by atoms with van der Waals surface area (Å²) in [5.74, 6) is 0. The van der Waals surface area contributed by atoms with E-state index in [0.717, 1.165) is 24.8 Å². The highest BCUT2D eigenvalue weighted by Crippen LogP contribution is 2.21. The average Bonchev–Trinajstić information content (AvgIpc) is 2.53. The lowest BCUT2D eigenvalue weighted by atomic mass is 10.0. The molecule has 1 heterocycles. The van der Waals surface area contributed by atoms with E-state index >= 15 is 0 Å². The minimum atomic E-state index is -3.46. The monoisotopic (exact) mass is 312 g/mol. The summed E-state index contributed by atoms with van der Waals surface area (Å²) >= 11 is 0. The standard InChI is InChI=1S/C15H24N2O3S/c18-13-7-10-15(14-8-3-1-4-9-14)16-21(19,20)17-11-5-2-6-12-17/h1,3-4,8-9,15-16,18H,2,5-7,10-13H2. The van der Waals surface area contributed by atoms with E-state index in [2.05, 4.69) is 4.72 Å². The van der Waals surface area contributed by atoms with Crippen LogP contribution in [0.15, 0.2) is 30.3 Å². The second-order valence-corrected chi connectivity index (χ2v) is 7.11. The van der Waals surface area contributed by atoms with Gasteiger partial charge in [-0.05, 0) is 31.2 Å². The normalized spacial score (nSPS) is 18.5. The molecule has 1 aliphatic rings. The summed E-state index contributed by atoms with van der Waals surface area (Å²) in [5, 5.41) is 9.02. The number of nitrogens with zero attached hydrogens (tertiary/aromatic N) is 1. The van der Waals surface area contributed by atoms with Crippen molar-refractivity contribution in [3.8, 4) is 0 Å². The zero-order chi connectivity index (χ0) is 15.1. The molecule has 5 nitrogen and oxygen atoms in total. The first-order valence-electron chi connectivity index (χ1n) is 7.56. The Bertz CT molecular complexity index is 513. The molecule has 0 amide bonds. The Labute approximate surface area is 127 Å². The quantitative estimate of drug-likeness (QED) is 0.807. The van der Waals surface area contributed by atoms with E-state index in [1.165, 1.54) is 4.31 Å². The summed E-state index contributed by atoms with van der Waals surface area (Å²) in [6.45, 7) is 1.25. The average molecular weight is 312 g/mol. The molecule has 0 bridgehead atoms. The Morgan fingerprint density at radius 1 is 1.14 bits per heavy atom. The predicted molar refractivity (Wildman–Crippen MR) is 83.0 cm³/mol. The summed E-state index contributed by atoms with van der Waals surface area (Å²) in [6.07, 6.45) is 4.11. The number of benzene rings is 1. The van der Waals surface area contributed by atoms with Crippen molar-refractivity contribution in [2.75, 3.05) is 19.7 Å². The smallest absolute Gasteiger partial charge is 0.280 e. The first-order valence-corrected chi connectivity index (χ1v) is 9.01. The Morgan fingerprint density at radius 2 is 1.81 bits per heavy atom. The van der Waals surface area contributed by atoms with E-state index < -0.39 is 10.2 Å². The Hall–Kier alpha value is -0.950. The van der Waals surface area contributed by atoms with E-state index in [0.29, 0.717) is 25.9 Å². The maximum absolute atomic E-state index is 12.5. The summed E-state index contributed by atoms with van der Waals surface area (Å²) in [5.41, 5.74) is 0.937. The summed E-state index contributed by atoms with van der Waals surface area (Å²) in [6, 6.07) is 9.26. The van der Waals surface area contributed by atoms with Gasteiger partial charge in [0.05, 0.1) is 0 Å². The first kappa shape index (κ1) is 16.4. The van der Waals surface area contributed by atoms with Gasteiger partial charge in [-0.2, -0.15) is 17.4 Å². The largest absolute Gasteiger partial charge is 0.396 e. The number of nitrogens with one attached hydrogen (secondary N) is 1. The second-order valence-electron chi connectivity index (χ2n) is 5.41. The molecule has 1 fully saturated rings. The minimum absolute atomic E-state index is 0.0643. The van der Waals surface area contributed by atoms with Gasteiger partial charge in [0.15, 0.2) is 0 Å². The van der Waals surface area contributed by atoms with Crippen molar-refractivity contribution in [2.45, 2.75) is 38.1 Å². The molecule has 1 aromatic carbocycles. The third kappa shape index (κ3) is 4.78. The van der Waals surface area contributed by atoms with Crippen molar-refractivity contribution < 1.29 is 13.5 Å². The molecule has 0 spiro atoms. The lowest BCUT2D eigenvalue weighted by Crippen LogP contribution is -2.44. The van der Waals surface area contributed by atoms with Crippen LogP contribution in [0.25, 0.3) is 0 Å². The van der Waals surface area contributed by atoms with Crippen LogP contribution in [-0.4, -0.2) is 37.5 Å². The second kappa shape index (κ2) is 7.89. The molecule has 2 rings (SSSR count). The van der Waals surface area contributed by atoms with Gasteiger partial charge in [-0.25, -0.2) is 0 Å². The molecular weight excluding hydrogens is 288 g/mol. The Balaban J connectivity index is 2.10. The minimum Gasteiger partial charge on any atom is -0.396 e. The number of hydrogen-bond donors (Lipinski definition) is 2. The first-order chi connectivity index (χ1) is 10.1. The molecule has 1 atom stereocenters. The molecule has 118 valence electrons. The van der Waals surface area contributed by atoms with Crippen LogP contribution in [-0.2, 0) is 10.2 Å². The zero-order valence-electron chi connectivity index (χ0n) is 12.2. The van der Waals surface area contributed by atoms with Crippen molar-refractivity contribution in [2.24, 2.45) is 0 Å². The van der Waals surface area contributed by atoms with Gasteiger partial charge in [0.25, 0.3) is 10.2 Å². The molecule has 1 aliphatic heterocycles. The molecule has 0 radical (unpaired) electrons. The Morgan fingerprint density at radius 3 is 2.43 bits per heavy atom. The molecule has 1 saturated heterocycles. The van der Waals surface area contributed by atoms with Crippen LogP contribution >= 0.6 is 0 Å². The molecular formula is C15H24N2O3S. The summed E-state index contributed by atoms with van der Waals surface area (Å²) in [4.78, 5) is 0. The fourth-order valence-corrected chi connectivity index (χ4v) is 4.14. The van der Waals surface area contributed by atoms with E-state index in [1.54, 1.807) is 0 Å². The number of aliphatic hydroxyl groups is 1. The van der Waals surface area contributed by atoms with Gasteiger partial charge >= 0.3 is 0 Å². The van der Waals surface area contributed by atoms with Gasteiger partial charge in [0.1, 0.15) is 0 Å². The SMILES string of the molecule is O=S(=O)(NC(CCCO)c1ccccc1)N1CCCCC1. The molecule has 0 aromatic heterocycles. The number of rotatable bonds is 7. The zero-order valence-corrected chi connectivity index (χ0v) is 13.1. The number of piperidine rings is 1. The van der Waals surface area contributed by atoms with Crippen molar-refractivity contribution in [3.05, 3.63) is 35.9 Å². The highest BCUT2D eigenvalue weighted by Gasteiger charge is 2.27. The third-order valence-corrected chi connectivity index (χ3v) is 5.43. The van der Waals surface area contributed by atoms with Crippen LogP contribution < -0.4 is 4.72 Å². The van der Waals surface area contributed by atoms with Crippen LogP contribution in [0.1, 0.15) is 43.7 Å². The predicted octanol–water partition coefficient (Wildman–Crippen LogP) is 1.82. The Kier molecular flexibility index (Phi) is 6.17. The highest BCUT2D eigenvalue weighted by molar-refractivity contribution is 7.87. The molecule has 2 N–H and O–H groups in total. The van der Waals surface area contributed by atoms with Gasteiger partial charge in [-0.1, -0.05) is 36.8 Å². The molecule has 0 aliphatic carbocycles. The molecule has 21 heavy (non-hydrogen) atoms. The van der Waals surface area contributed by atoms with Crippen molar-refractivity contribution in [3.63, 3.8) is 0 Å². The van der Waals surface area contributed by atoms with Crippen LogP contribution in [0.4, 0.5) is 0 Å². The molecule has 6 heteroatoms. The fourth-order valence-electron chi connectivity index (χ4n) is 2.63. The maximum atomic E-state index is 12.5. The summed E-state index contributed by atoms with van der Waals surface area (Å²) < 4.78 is 29.3. The van der Waals surface area contributed by atoms with Gasteiger partial charge in [-0.3, -0.25) is 0 Å². The molecule has 0 saturated carbocycles. The van der Waals surface area contributed by atoms with Crippen molar-refractivity contribution >= 4 is 10.2 Å². The van der Waals surface area contributed by atoms with Crippen LogP contribution in [0, 0.1) is 0 Å². The van der Waals surface area contributed by atoms with Gasteiger partial charge in [0, 0.05) is 25.7 Å². The maximum Gasteiger partial charge on any atom is 0.280 e. The fraction of sp³-hybridized carbons (Fsp3) is 0.600. The van der Waals surface area contributed by atoms with Crippen LogP contribution in [0.3, 0.4) is 0 Å².